The first-order valence-corrected chi connectivity index (χ1v) is 5.66. The van der Waals surface area contributed by atoms with Crippen LogP contribution in [0.3, 0.4) is 0 Å². The molecule has 5 heteroatoms. The molecule has 16 heavy (non-hydrogen) atoms. The van der Waals surface area contributed by atoms with Gasteiger partial charge in [0.25, 0.3) is 0 Å². The summed E-state index contributed by atoms with van der Waals surface area (Å²) < 4.78 is 11.2. The van der Waals surface area contributed by atoms with E-state index < -0.39 is 12.1 Å². The number of ether oxygens (including phenoxy) is 2. The minimum Gasteiger partial charge on any atom is -0.489 e. The minimum atomic E-state index is -1.02. The van der Waals surface area contributed by atoms with Crippen LogP contribution in [-0.4, -0.2) is 30.4 Å². The van der Waals surface area contributed by atoms with Gasteiger partial charge in [-0.1, -0.05) is 12.1 Å². The van der Waals surface area contributed by atoms with Crippen LogP contribution in [-0.2, 0) is 9.53 Å². The zero-order valence-electron chi connectivity index (χ0n) is 8.85. The molecule has 0 amide bonds. The summed E-state index contributed by atoms with van der Waals surface area (Å²) in [6.45, 7) is 2.08. The highest BCUT2D eigenvalue weighted by Gasteiger charge is 2.18. The van der Waals surface area contributed by atoms with Crippen molar-refractivity contribution in [2.75, 3.05) is 13.2 Å². The smallest absolute Gasteiger partial charge is 0.336 e. The molecule has 1 aromatic carbocycles. The van der Waals surface area contributed by atoms with Gasteiger partial charge in [-0.05, 0) is 35.0 Å². The fourth-order valence-electron chi connectivity index (χ4n) is 1.12. The van der Waals surface area contributed by atoms with Gasteiger partial charge in [-0.2, -0.15) is 0 Å². The summed E-state index contributed by atoms with van der Waals surface area (Å²) >= 11 is 3.31. The number of rotatable bonds is 6. The molecule has 0 saturated heterocycles. The Morgan fingerprint density at radius 3 is 2.75 bits per heavy atom. The van der Waals surface area contributed by atoms with Crippen LogP contribution < -0.4 is 4.74 Å². The lowest BCUT2D eigenvalue weighted by molar-refractivity contribution is -0.152. The number of para-hydroxylation sites is 1. The molecule has 0 aliphatic rings. The highest BCUT2D eigenvalue weighted by atomic mass is 79.9. The lowest BCUT2D eigenvalue weighted by Gasteiger charge is -2.14. The third kappa shape index (κ3) is 3.83. The fraction of sp³-hybridized carbons (Fsp3) is 0.364. The van der Waals surface area contributed by atoms with Gasteiger partial charge in [0, 0.05) is 6.61 Å². The van der Waals surface area contributed by atoms with Crippen LogP contribution in [0, 0.1) is 0 Å². The van der Waals surface area contributed by atoms with E-state index in [0.29, 0.717) is 12.4 Å². The summed E-state index contributed by atoms with van der Waals surface area (Å²) in [5.74, 6) is -0.414. The van der Waals surface area contributed by atoms with Crippen molar-refractivity contribution in [3.63, 3.8) is 0 Å². The van der Waals surface area contributed by atoms with E-state index in [1.807, 2.05) is 18.2 Å². The van der Waals surface area contributed by atoms with E-state index in [2.05, 4.69) is 15.9 Å². The molecule has 1 N–H and O–H groups in total. The summed E-state index contributed by atoms with van der Waals surface area (Å²) in [5.41, 5.74) is 0. The average Bonchev–Trinajstić information content (AvgIpc) is 2.26. The van der Waals surface area contributed by atoms with Crippen LogP contribution in [0.2, 0.25) is 0 Å². The first kappa shape index (κ1) is 13.0. The second-order valence-corrected chi connectivity index (χ2v) is 3.88. The summed E-state index contributed by atoms with van der Waals surface area (Å²) in [4.78, 5) is 10.8. The second kappa shape index (κ2) is 6.50. The molecule has 0 radical (unpaired) electrons. The molecule has 4 nitrogen and oxygen atoms in total. The number of hydrogen-bond donors (Lipinski definition) is 1. The van der Waals surface area contributed by atoms with Gasteiger partial charge in [0.05, 0.1) is 4.47 Å². The number of carboxylic acid groups (broad SMARTS) is 1. The minimum absolute atomic E-state index is 0.00815. The maximum absolute atomic E-state index is 10.8. The monoisotopic (exact) mass is 288 g/mol. The standard InChI is InChI=1S/C11H13BrO4/c1-2-15-10(11(13)14)7-16-9-6-4-3-5-8(9)12/h3-6,10H,2,7H2,1H3,(H,13,14). The van der Waals surface area contributed by atoms with E-state index in [1.54, 1.807) is 13.0 Å². The van der Waals surface area contributed by atoms with Crippen molar-refractivity contribution in [3.8, 4) is 5.75 Å². The molecule has 1 rings (SSSR count). The van der Waals surface area contributed by atoms with Gasteiger partial charge in [0.2, 0.25) is 0 Å². The number of benzene rings is 1. The van der Waals surface area contributed by atoms with Crippen molar-refractivity contribution < 1.29 is 19.4 Å². The van der Waals surface area contributed by atoms with Gasteiger partial charge in [0.1, 0.15) is 12.4 Å². The topological polar surface area (TPSA) is 55.8 Å². The van der Waals surface area contributed by atoms with Crippen molar-refractivity contribution in [1.82, 2.24) is 0 Å². The van der Waals surface area contributed by atoms with E-state index in [-0.39, 0.29) is 6.61 Å². The number of carbonyl (C=O) groups is 1. The average molecular weight is 289 g/mol. The molecule has 0 heterocycles. The zero-order valence-corrected chi connectivity index (χ0v) is 10.4. The molecular weight excluding hydrogens is 276 g/mol. The fourth-order valence-corrected chi connectivity index (χ4v) is 1.52. The predicted octanol–water partition coefficient (Wildman–Crippen LogP) is 2.32. The maximum Gasteiger partial charge on any atom is 0.336 e. The SMILES string of the molecule is CCOC(COc1ccccc1Br)C(=O)O. The van der Waals surface area contributed by atoms with Gasteiger partial charge in [-0.25, -0.2) is 4.79 Å². The second-order valence-electron chi connectivity index (χ2n) is 3.02. The quantitative estimate of drug-likeness (QED) is 0.873. The largest absolute Gasteiger partial charge is 0.489 e. The van der Waals surface area contributed by atoms with Crippen molar-refractivity contribution in [2.45, 2.75) is 13.0 Å². The van der Waals surface area contributed by atoms with E-state index in [0.717, 1.165) is 4.47 Å². The molecule has 1 unspecified atom stereocenters. The first-order valence-electron chi connectivity index (χ1n) is 4.87. The molecule has 1 atom stereocenters. The highest BCUT2D eigenvalue weighted by Crippen LogP contribution is 2.23. The van der Waals surface area contributed by atoms with Crippen LogP contribution in [0.5, 0.6) is 5.75 Å². The Hall–Kier alpha value is -1.07. The van der Waals surface area contributed by atoms with Gasteiger partial charge < -0.3 is 14.6 Å². The first-order chi connectivity index (χ1) is 7.65. The number of carboxylic acids is 1. The van der Waals surface area contributed by atoms with Gasteiger partial charge in [-0.15, -0.1) is 0 Å². The molecule has 0 aromatic heterocycles. The third-order valence-electron chi connectivity index (χ3n) is 1.87. The Morgan fingerprint density at radius 1 is 1.50 bits per heavy atom. The molecule has 88 valence electrons. The molecule has 0 bridgehead atoms. The Balaban J connectivity index is 2.55. The van der Waals surface area contributed by atoms with Crippen molar-refractivity contribution >= 4 is 21.9 Å². The van der Waals surface area contributed by atoms with Crippen LogP contribution in [0.4, 0.5) is 0 Å². The van der Waals surface area contributed by atoms with E-state index in [4.69, 9.17) is 14.6 Å². The van der Waals surface area contributed by atoms with Crippen molar-refractivity contribution in [1.29, 1.82) is 0 Å². The van der Waals surface area contributed by atoms with Crippen molar-refractivity contribution in [2.24, 2.45) is 0 Å². The van der Waals surface area contributed by atoms with Crippen molar-refractivity contribution in [3.05, 3.63) is 28.7 Å². The van der Waals surface area contributed by atoms with Crippen LogP contribution in [0.15, 0.2) is 28.7 Å². The molecule has 0 aliphatic carbocycles. The summed E-state index contributed by atoms with van der Waals surface area (Å²) in [6, 6.07) is 7.26. The molecule has 1 aromatic rings. The normalized spacial score (nSPS) is 12.1. The Morgan fingerprint density at radius 2 is 2.19 bits per heavy atom. The van der Waals surface area contributed by atoms with Crippen LogP contribution in [0.1, 0.15) is 6.92 Å². The van der Waals surface area contributed by atoms with E-state index in [1.165, 1.54) is 0 Å². The van der Waals surface area contributed by atoms with Crippen LogP contribution >= 0.6 is 15.9 Å². The molecule has 0 spiro atoms. The number of aliphatic carboxylic acids is 1. The molecule has 0 saturated carbocycles. The number of halogens is 1. The van der Waals surface area contributed by atoms with E-state index >= 15 is 0 Å². The Bertz CT molecular complexity index is 354. The molecule has 0 aliphatic heterocycles. The van der Waals surface area contributed by atoms with Crippen LogP contribution in [0.25, 0.3) is 0 Å². The Labute approximate surface area is 102 Å². The zero-order chi connectivity index (χ0) is 12.0. The number of hydrogen-bond acceptors (Lipinski definition) is 3. The maximum atomic E-state index is 10.8. The molecule has 0 fully saturated rings. The lowest BCUT2D eigenvalue weighted by Crippen LogP contribution is -2.30. The lowest BCUT2D eigenvalue weighted by atomic mass is 10.3. The van der Waals surface area contributed by atoms with Gasteiger partial charge in [0.15, 0.2) is 6.10 Å². The van der Waals surface area contributed by atoms with Gasteiger partial charge in [-0.3, -0.25) is 0 Å². The molecular formula is C11H13BrO4. The summed E-state index contributed by atoms with van der Waals surface area (Å²) in [5, 5.41) is 8.83. The van der Waals surface area contributed by atoms with E-state index in [9.17, 15) is 4.79 Å². The highest BCUT2D eigenvalue weighted by molar-refractivity contribution is 9.10. The Kier molecular flexibility index (Phi) is 5.28. The third-order valence-corrected chi connectivity index (χ3v) is 2.53. The van der Waals surface area contributed by atoms with Gasteiger partial charge >= 0.3 is 5.97 Å². The summed E-state index contributed by atoms with van der Waals surface area (Å²) in [6.07, 6.45) is -0.933. The predicted molar refractivity (Wildman–Crippen MR) is 62.7 cm³/mol. The summed E-state index contributed by atoms with van der Waals surface area (Å²) in [7, 11) is 0.